The van der Waals surface area contributed by atoms with Crippen molar-refractivity contribution in [2.24, 2.45) is 0 Å². The molecule has 1 N–H and O–H groups in total. The van der Waals surface area contributed by atoms with Gasteiger partial charge in [-0.05, 0) is 47.7 Å². The lowest BCUT2D eigenvalue weighted by Crippen LogP contribution is -2.41. The average Bonchev–Trinajstić information content (AvgIpc) is 2.97. The molecule has 0 amide bonds. The average molecular weight is 535 g/mol. The molecule has 3 aromatic carbocycles. The molecule has 0 aliphatic heterocycles. The van der Waals surface area contributed by atoms with Gasteiger partial charge in [-0.2, -0.15) is 0 Å². The number of ether oxygens (including phenoxy) is 1. The van der Waals surface area contributed by atoms with Gasteiger partial charge in [-0.1, -0.05) is 81.4 Å². The second-order valence-electron chi connectivity index (χ2n) is 9.80. The summed E-state index contributed by atoms with van der Waals surface area (Å²) >= 11 is 0. The first kappa shape index (κ1) is 26.9. The fourth-order valence-corrected chi connectivity index (χ4v) is 5.51. The van der Waals surface area contributed by atoms with Gasteiger partial charge in [0.05, 0.1) is 11.0 Å². The molecule has 202 valence electrons. The Labute approximate surface area is 232 Å². The topological polar surface area (TPSA) is 93.8 Å². The van der Waals surface area contributed by atoms with Crippen molar-refractivity contribution in [3.63, 3.8) is 0 Å². The molecule has 40 heavy (non-hydrogen) atoms. The van der Waals surface area contributed by atoms with Crippen LogP contribution in [0.1, 0.15) is 56.9 Å². The highest BCUT2D eigenvalue weighted by Gasteiger charge is 2.48. The van der Waals surface area contributed by atoms with Crippen molar-refractivity contribution >= 4 is 34.4 Å². The van der Waals surface area contributed by atoms with Gasteiger partial charge in [-0.25, -0.2) is 4.79 Å². The Bertz CT molecular complexity index is 1740. The van der Waals surface area contributed by atoms with Crippen LogP contribution in [0.3, 0.4) is 0 Å². The van der Waals surface area contributed by atoms with Crippen LogP contribution in [0.2, 0.25) is 0 Å². The molecule has 6 heteroatoms. The number of fused-ring (bicyclic) bond motifs is 2. The molecule has 0 spiro atoms. The maximum Gasteiger partial charge on any atom is 0.336 e. The van der Waals surface area contributed by atoms with E-state index in [1.807, 2.05) is 74.5 Å². The van der Waals surface area contributed by atoms with Crippen LogP contribution in [0.15, 0.2) is 93.7 Å². The molecule has 0 saturated heterocycles. The van der Waals surface area contributed by atoms with Crippen LogP contribution in [0.4, 0.5) is 0 Å². The number of carbonyl (C=O) groups is 2. The summed E-state index contributed by atoms with van der Waals surface area (Å²) in [5.41, 5.74) is -0.0412. The summed E-state index contributed by atoms with van der Waals surface area (Å²) < 4.78 is 12.2. The minimum Gasteiger partial charge on any atom is -0.507 e. The molecule has 0 unspecified atom stereocenters. The maximum atomic E-state index is 13.6. The van der Waals surface area contributed by atoms with Crippen molar-refractivity contribution in [2.75, 3.05) is 0 Å². The molecular weight excluding hydrogens is 504 g/mol. The summed E-state index contributed by atoms with van der Waals surface area (Å²) in [6.07, 6.45) is 4.07. The highest BCUT2D eigenvalue weighted by Crippen LogP contribution is 2.46. The predicted molar refractivity (Wildman–Crippen MR) is 156 cm³/mol. The molecule has 0 bridgehead atoms. The van der Waals surface area contributed by atoms with Crippen LogP contribution in [0, 0.1) is 0 Å². The first-order valence-electron chi connectivity index (χ1n) is 13.5. The molecule has 4 aromatic rings. The summed E-state index contributed by atoms with van der Waals surface area (Å²) in [4.78, 5) is 40.1. The molecule has 1 aliphatic carbocycles. The van der Waals surface area contributed by atoms with E-state index in [2.05, 4.69) is 0 Å². The fourth-order valence-electron chi connectivity index (χ4n) is 5.51. The summed E-state index contributed by atoms with van der Waals surface area (Å²) in [5.74, 6) is -0.646. The van der Waals surface area contributed by atoms with Gasteiger partial charge < -0.3 is 14.3 Å². The third kappa shape index (κ3) is 4.45. The van der Waals surface area contributed by atoms with Gasteiger partial charge in [0, 0.05) is 17.7 Å². The number of carbonyl (C=O) groups excluding carboxylic acids is 2. The monoisotopic (exact) mass is 534 g/mol. The molecule has 1 aromatic heterocycles. The van der Waals surface area contributed by atoms with E-state index in [1.54, 1.807) is 19.1 Å². The van der Waals surface area contributed by atoms with Crippen LogP contribution in [0.25, 0.3) is 33.9 Å². The molecule has 0 saturated carbocycles. The highest BCUT2D eigenvalue weighted by molar-refractivity contribution is 6.11. The Morgan fingerprint density at radius 2 is 1.62 bits per heavy atom. The number of aliphatic hydroxyl groups excluding tert-OH is 1. The van der Waals surface area contributed by atoms with Gasteiger partial charge in [-0.3, -0.25) is 9.59 Å². The predicted octanol–water partition coefficient (Wildman–Crippen LogP) is 7.40. The van der Waals surface area contributed by atoms with Crippen molar-refractivity contribution in [3.8, 4) is 17.1 Å². The van der Waals surface area contributed by atoms with Crippen molar-refractivity contribution in [2.45, 2.75) is 45.4 Å². The SMILES string of the molecule is CCC1=C(O)c2c(oc(-c3c(OC(=O)/C=C/c4ccccc4)ccc4ccccc34)cc2=O)C(CC)(CC)C1=O. The zero-order chi connectivity index (χ0) is 28.4. The number of esters is 1. The molecule has 0 fully saturated rings. The normalized spacial score (nSPS) is 14.5. The Balaban J connectivity index is 1.71. The smallest absolute Gasteiger partial charge is 0.336 e. The number of rotatable bonds is 7. The third-order valence-electron chi connectivity index (χ3n) is 7.73. The third-order valence-corrected chi connectivity index (χ3v) is 7.73. The highest BCUT2D eigenvalue weighted by atomic mass is 16.5. The molecule has 1 aliphatic rings. The second kappa shape index (κ2) is 10.8. The number of allylic oxidation sites excluding steroid dienone is 1. The summed E-state index contributed by atoms with van der Waals surface area (Å²) in [7, 11) is 0. The summed E-state index contributed by atoms with van der Waals surface area (Å²) in [6, 6.07) is 21.7. The number of hydrogen-bond acceptors (Lipinski definition) is 6. The van der Waals surface area contributed by atoms with E-state index in [0.717, 1.165) is 10.9 Å². The van der Waals surface area contributed by atoms with Gasteiger partial charge in [0.2, 0.25) is 0 Å². The number of Topliss-reactive ketones (excluding diaryl/α,β-unsaturated/α-hetero) is 1. The Hall–Kier alpha value is -4.71. The fraction of sp³-hybridized carbons (Fsp3) is 0.206. The Morgan fingerprint density at radius 1 is 0.925 bits per heavy atom. The van der Waals surface area contributed by atoms with E-state index in [4.69, 9.17) is 9.15 Å². The van der Waals surface area contributed by atoms with E-state index in [1.165, 1.54) is 12.1 Å². The summed E-state index contributed by atoms with van der Waals surface area (Å²) in [6.45, 7) is 5.53. The summed E-state index contributed by atoms with van der Waals surface area (Å²) in [5, 5.41) is 12.5. The number of ketones is 1. The van der Waals surface area contributed by atoms with Crippen LogP contribution in [0.5, 0.6) is 5.75 Å². The van der Waals surface area contributed by atoms with Crippen molar-refractivity contribution in [1.82, 2.24) is 0 Å². The molecule has 0 radical (unpaired) electrons. The lowest BCUT2D eigenvalue weighted by Gasteiger charge is -2.35. The van der Waals surface area contributed by atoms with Crippen molar-refractivity contribution in [1.29, 1.82) is 0 Å². The van der Waals surface area contributed by atoms with E-state index >= 15 is 0 Å². The molecular formula is C34H30O6. The quantitative estimate of drug-likeness (QED) is 0.151. The number of benzene rings is 3. The minimum absolute atomic E-state index is 0.0217. The van der Waals surface area contributed by atoms with Gasteiger partial charge >= 0.3 is 5.97 Å². The standard InChI is InChI=1S/C34H30O6/c1-4-23-31(37)30-25(35)20-27(40-33(30)34(5-2,6-3)32(23)38)29-24-15-11-10-14-22(24)17-18-26(29)39-28(36)19-16-21-12-8-7-9-13-21/h7-20,37H,4-6H2,1-3H3/b19-16+. The maximum absolute atomic E-state index is 13.6. The number of hydrogen-bond donors (Lipinski definition) is 1. The van der Waals surface area contributed by atoms with Gasteiger partial charge in [0.25, 0.3) is 0 Å². The van der Waals surface area contributed by atoms with E-state index < -0.39 is 16.8 Å². The largest absolute Gasteiger partial charge is 0.507 e. The first-order valence-corrected chi connectivity index (χ1v) is 13.5. The second-order valence-corrected chi connectivity index (χ2v) is 9.80. The van der Waals surface area contributed by atoms with Crippen molar-refractivity contribution < 1.29 is 23.8 Å². The molecule has 0 atom stereocenters. The Morgan fingerprint density at radius 3 is 2.33 bits per heavy atom. The molecule has 6 nitrogen and oxygen atoms in total. The van der Waals surface area contributed by atoms with Crippen LogP contribution < -0.4 is 10.2 Å². The zero-order valence-electron chi connectivity index (χ0n) is 22.7. The van der Waals surface area contributed by atoms with Crippen LogP contribution >= 0.6 is 0 Å². The van der Waals surface area contributed by atoms with E-state index in [0.29, 0.717) is 30.2 Å². The Kier molecular flexibility index (Phi) is 7.26. The molecule has 1 heterocycles. The van der Waals surface area contributed by atoms with Gasteiger partial charge in [0.1, 0.15) is 28.6 Å². The lowest BCUT2D eigenvalue weighted by molar-refractivity contribution is -0.128. The van der Waals surface area contributed by atoms with E-state index in [-0.39, 0.29) is 39.9 Å². The van der Waals surface area contributed by atoms with Gasteiger partial charge in [0.15, 0.2) is 11.2 Å². The number of aliphatic hydroxyl groups is 1. The van der Waals surface area contributed by atoms with Gasteiger partial charge in [-0.15, -0.1) is 0 Å². The van der Waals surface area contributed by atoms with Crippen LogP contribution in [-0.4, -0.2) is 16.9 Å². The van der Waals surface area contributed by atoms with Crippen LogP contribution in [-0.2, 0) is 15.0 Å². The van der Waals surface area contributed by atoms with E-state index in [9.17, 15) is 19.5 Å². The lowest BCUT2D eigenvalue weighted by atomic mass is 9.68. The minimum atomic E-state index is -1.10. The molecule has 5 rings (SSSR count). The zero-order valence-corrected chi connectivity index (χ0v) is 22.7. The van der Waals surface area contributed by atoms with Crippen molar-refractivity contribution in [3.05, 3.63) is 112 Å². The first-order chi connectivity index (χ1) is 19.3.